The van der Waals surface area contributed by atoms with Crippen molar-refractivity contribution in [2.75, 3.05) is 13.1 Å². The molecule has 22 heavy (non-hydrogen) atoms. The van der Waals surface area contributed by atoms with Gasteiger partial charge in [0, 0.05) is 17.1 Å². The Balaban J connectivity index is 2.06. The summed E-state index contributed by atoms with van der Waals surface area (Å²) in [5, 5.41) is 9.38. The molecule has 2 aromatic rings. The average Bonchev–Trinajstić information content (AvgIpc) is 2.93. The van der Waals surface area contributed by atoms with Gasteiger partial charge in [0.05, 0.1) is 12.1 Å². The van der Waals surface area contributed by atoms with Gasteiger partial charge in [0.15, 0.2) is 0 Å². The van der Waals surface area contributed by atoms with Crippen LogP contribution in [-0.4, -0.2) is 40.0 Å². The first kappa shape index (κ1) is 16.0. The molecule has 1 aromatic heterocycles. The van der Waals surface area contributed by atoms with Crippen molar-refractivity contribution < 1.29 is 19.1 Å². The van der Waals surface area contributed by atoms with Crippen molar-refractivity contribution >= 4 is 23.5 Å². The number of oxazole rings is 1. The number of hydrogen-bond donors (Lipinski definition) is 1. The zero-order valence-corrected chi connectivity index (χ0v) is 12.7. The first-order valence-corrected chi connectivity index (χ1v) is 7.07. The van der Waals surface area contributed by atoms with Gasteiger partial charge in [-0.25, -0.2) is 4.98 Å². The number of nitrogens with zero attached hydrogens (tertiary/aromatic N) is 2. The molecule has 116 valence electrons. The van der Waals surface area contributed by atoms with Gasteiger partial charge >= 0.3 is 5.97 Å². The monoisotopic (exact) mass is 322 g/mol. The summed E-state index contributed by atoms with van der Waals surface area (Å²) >= 11 is 5.82. The number of aromatic nitrogens is 1. The van der Waals surface area contributed by atoms with Crippen molar-refractivity contribution in [2.24, 2.45) is 0 Å². The van der Waals surface area contributed by atoms with Crippen molar-refractivity contribution in [1.82, 2.24) is 9.88 Å². The summed E-state index contributed by atoms with van der Waals surface area (Å²) < 4.78 is 5.34. The fraction of sp³-hybridized carbons (Fsp3) is 0.267. The van der Waals surface area contributed by atoms with E-state index in [1.54, 1.807) is 31.2 Å². The van der Waals surface area contributed by atoms with Gasteiger partial charge in [0.25, 0.3) is 0 Å². The zero-order valence-electron chi connectivity index (χ0n) is 12.0. The molecule has 0 saturated carbocycles. The maximum absolute atomic E-state index is 12.0. The van der Waals surface area contributed by atoms with Crippen molar-refractivity contribution in [1.29, 1.82) is 0 Å². The van der Waals surface area contributed by atoms with Crippen LogP contribution in [0.1, 0.15) is 12.6 Å². The molecule has 0 unspecified atom stereocenters. The van der Waals surface area contributed by atoms with Gasteiger partial charge in [-0.1, -0.05) is 11.6 Å². The topological polar surface area (TPSA) is 83.6 Å². The first-order valence-electron chi connectivity index (χ1n) is 6.69. The second-order valence-corrected chi connectivity index (χ2v) is 5.07. The molecule has 2 rings (SSSR count). The van der Waals surface area contributed by atoms with Crippen LogP contribution in [0, 0.1) is 0 Å². The molecule has 1 amide bonds. The number of likely N-dealkylation sites (N-methyl/N-ethyl adjacent to an activating group) is 1. The number of carboxylic acids is 1. The Morgan fingerprint density at radius 3 is 2.59 bits per heavy atom. The van der Waals surface area contributed by atoms with Gasteiger partial charge in [0.2, 0.25) is 11.8 Å². The average molecular weight is 323 g/mol. The van der Waals surface area contributed by atoms with Crippen LogP contribution >= 0.6 is 11.6 Å². The predicted octanol–water partition coefficient (Wildman–Crippen LogP) is 2.47. The number of rotatable bonds is 6. The number of carbonyl (C=O) groups excluding carboxylic acids is 1. The van der Waals surface area contributed by atoms with Gasteiger partial charge in [-0.3, -0.25) is 9.59 Å². The van der Waals surface area contributed by atoms with Crippen LogP contribution in [0.25, 0.3) is 11.5 Å². The molecule has 1 aromatic carbocycles. The van der Waals surface area contributed by atoms with E-state index in [1.807, 2.05) is 0 Å². The van der Waals surface area contributed by atoms with E-state index in [0.29, 0.717) is 23.2 Å². The molecule has 0 aliphatic rings. The van der Waals surface area contributed by atoms with Crippen LogP contribution in [0.4, 0.5) is 0 Å². The molecule has 0 radical (unpaired) electrons. The summed E-state index contributed by atoms with van der Waals surface area (Å²) in [5.74, 6) is -0.959. The van der Waals surface area contributed by atoms with Crippen LogP contribution in [0.2, 0.25) is 5.02 Å². The Labute approximate surface area is 132 Å². The second-order valence-electron chi connectivity index (χ2n) is 4.63. The Bertz CT molecular complexity index is 666. The highest BCUT2D eigenvalue weighted by molar-refractivity contribution is 6.30. The number of halogens is 1. The highest BCUT2D eigenvalue weighted by Gasteiger charge is 2.17. The predicted molar refractivity (Wildman–Crippen MR) is 80.5 cm³/mol. The first-order chi connectivity index (χ1) is 10.5. The molecule has 1 N–H and O–H groups in total. The van der Waals surface area contributed by atoms with Crippen molar-refractivity contribution in [2.45, 2.75) is 13.3 Å². The minimum atomic E-state index is -1.04. The van der Waals surface area contributed by atoms with Crippen LogP contribution in [-0.2, 0) is 16.0 Å². The number of carbonyl (C=O) groups is 2. The quantitative estimate of drug-likeness (QED) is 0.883. The molecule has 6 nitrogen and oxygen atoms in total. The van der Waals surface area contributed by atoms with E-state index < -0.39 is 5.97 Å². The standard InChI is InChI=1S/C15H15ClN2O4/c1-2-18(8-14(20)21)13(19)7-12-9-22-15(17-12)10-3-5-11(16)6-4-10/h3-6,9H,2,7-8H2,1H3,(H,20,21). The summed E-state index contributed by atoms with van der Waals surface area (Å²) in [6.07, 6.45) is 1.40. The SMILES string of the molecule is CCN(CC(=O)O)C(=O)Cc1coc(-c2ccc(Cl)cc2)n1. The highest BCUT2D eigenvalue weighted by atomic mass is 35.5. The molecule has 0 spiro atoms. The van der Waals surface area contributed by atoms with Crippen LogP contribution in [0.3, 0.4) is 0 Å². The minimum absolute atomic E-state index is 0.00178. The summed E-state index contributed by atoms with van der Waals surface area (Å²) in [6.45, 7) is 1.73. The molecule has 7 heteroatoms. The lowest BCUT2D eigenvalue weighted by atomic mass is 10.2. The molecular formula is C15H15ClN2O4. The van der Waals surface area contributed by atoms with Crippen LogP contribution in [0.15, 0.2) is 34.9 Å². The number of amides is 1. The van der Waals surface area contributed by atoms with Crippen LogP contribution < -0.4 is 0 Å². The van der Waals surface area contributed by atoms with E-state index in [4.69, 9.17) is 21.1 Å². The molecule has 0 atom stereocenters. The van der Waals surface area contributed by atoms with Gasteiger partial charge in [-0.15, -0.1) is 0 Å². The lowest BCUT2D eigenvalue weighted by Crippen LogP contribution is -2.36. The van der Waals surface area contributed by atoms with E-state index in [-0.39, 0.29) is 18.9 Å². The van der Waals surface area contributed by atoms with Gasteiger partial charge in [-0.05, 0) is 31.2 Å². The van der Waals surface area contributed by atoms with Crippen molar-refractivity contribution in [3.05, 3.63) is 41.2 Å². The second kappa shape index (κ2) is 7.09. The number of hydrogen-bond acceptors (Lipinski definition) is 4. The number of carboxylic acid groups (broad SMARTS) is 1. The van der Waals surface area contributed by atoms with Crippen LogP contribution in [0.5, 0.6) is 0 Å². The fourth-order valence-corrected chi connectivity index (χ4v) is 2.05. The minimum Gasteiger partial charge on any atom is -0.480 e. The molecule has 0 aliphatic heterocycles. The summed E-state index contributed by atoms with van der Waals surface area (Å²) in [6, 6.07) is 6.97. The lowest BCUT2D eigenvalue weighted by molar-refractivity contribution is -0.144. The van der Waals surface area contributed by atoms with E-state index in [1.165, 1.54) is 11.2 Å². The third-order valence-electron chi connectivity index (χ3n) is 3.04. The maximum Gasteiger partial charge on any atom is 0.323 e. The Hall–Kier alpha value is -2.34. The fourth-order valence-electron chi connectivity index (χ4n) is 1.92. The summed E-state index contributed by atoms with van der Waals surface area (Å²) in [7, 11) is 0. The van der Waals surface area contributed by atoms with Gasteiger partial charge in [0.1, 0.15) is 12.8 Å². The molecular weight excluding hydrogens is 308 g/mol. The third kappa shape index (κ3) is 4.08. The van der Waals surface area contributed by atoms with E-state index in [9.17, 15) is 9.59 Å². The lowest BCUT2D eigenvalue weighted by Gasteiger charge is -2.17. The zero-order chi connectivity index (χ0) is 16.1. The Morgan fingerprint density at radius 1 is 1.32 bits per heavy atom. The Morgan fingerprint density at radius 2 is 2.00 bits per heavy atom. The van der Waals surface area contributed by atoms with E-state index in [2.05, 4.69) is 4.98 Å². The third-order valence-corrected chi connectivity index (χ3v) is 3.29. The number of benzene rings is 1. The van der Waals surface area contributed by atoms with Gasteiger partial charge < -0.3 is 14.4 Å². The Kier molecular flexibility index (Phi) is 5.16. The smallest absolute Gasteiger partial charge is 0.323 e. The molecule has 0 aliphatic carbocycles. The van der Waals surface area contributed by atoms with Crippen molar-refractivity contribution in [3.63, 3.8) is 0 Å². The highest BCUT2D eigenvalue weighted by Crippen LogP contribution is 2.21. The summed E-state index contributed by atoms with van der Waals surface area (Å²) in [4.78, 5) is 28.2. The van der Waals surface area contributed by atoms with Crippen molar-refractivity contribution in [3.8, 4) is 11.5 Å². The van der Waals surface area contributed by atoms with E-state index in [0.717, 1.165) is 5.56 Å². The molecule has 1 heterocycles. The summed E-state index contributed by atoms with van der Waals surface area (Å²) in [5.41, 5.74) is 1.21. The molecule has 0 bridgehead atoms. The van der Waals surface area contributed by atoms with Gasteiger partial charge in [-0.2, -0.15) is 0 Å². The molecule has 0 fully saturated rings. The largest absolute Gasteiger partial charge is 0.480 e. The van der Waals surface area contributed by atoms with E-state index >= 15 is 0 Å². The normalized spacial score (nSPS) is 10.5. The maximum atomic E-state index is 12.0. The number of aliphatic carboxylic acids is 1. The molecule has 0 saturated heterocycles.